The number of hydrogen-bond donors (Lipinski definition) is 0. The van der Waals surface area contributed by atoms with Crippen LogP contribution in [-0.2, 0) is 24.1 Å². The lowest BCUT2D eigenvalue weighted by atomic mass is 10.0. The molecule has 0 radical (unpaired) electrons. The molecule has 0 amide bonds. The zero-order chi connectivity index (χ0) is 13.3. The van der Waals surface area contributed by atoms with Gasteiger partial charge in [-0.2, -0.15) is 0 Å². The van der Waals surface area contributed by atoms with Crippen LogP contribution in [0, 0.1) is 0 Å². The van der Waals surface area contributed by atoms with Crippen molar-refractivity contribution in [1.29, 1.82) is 0 Å². The van der Waals surface area contributed by atoms with Crippen molar-refractivity contribution in [1.82, 2.24) is 0 Å². The van der Waals surface area contributed by atoms with Gasteiger partial charge in [-0.05, 0) is 32.3 Å². The Morgan fingerprint density at radius 1 is 1.29 bits per heavy atom. The third-order valence-electron chi connectivity index (χ3n) is 2.47. The molecule has 0 aromatic carbocycles. The van der Waals surface area contributed by atoms with Gasteiger partial charge in [-0.1, -0.05) is 20.8 Å². The van der Waals surface area contributed by atoms with Gasteiger partial charge in [0.2, 0.25) is 0 Å². The van der Waals surface area contributed by atoms with Crippen molar-refractivity contribution in [2.24, 2.45) is 0 Å². The molecular formula is C14H23NO2. The molecule has 3 heteroatoms. The van der Waals surface area contributed by atoms with Crippen LogP contribution in [0.3, 0.4) is 0 Å². The number of pyridine rings is 1. The number of aromatic amines is 1. The van der Waals surface area contributed by atoms with Gasteiger partial charge >= 0.3 is 0 Å². The van der Waals surface area contributed by atoms with Crippen LogP contribution in [0.4, 0.5) is 0 Å². The minimum Gasteiger partial charge on any atom is -0.550 e. The fraction of sp³-hybridized carbons (Fsp3) is 0.571. The number of aromatic nitrogens is 1. The molecule has 0 aliphatic heterocycles. The van der Waals surface area contributed by atoms with E-state index < -0.39 is 5.97 Å². The molecule has 1 rings (SSSR count). The Bertz CT molecular complexity index is 344. The average Bonchev–Trinajstić information content (AvgIpc) is 2.29. The second-order valence-electron chi connectivity index (χ2n) is 3.96. The van der Waals surface area contributed by atoms with Crippen LogP contribution in [0.15, 0.2) is 12.3 Å². The van der Waals surface area contributed by atoms with Crippen LogP contribution in [0.25, 0.3) is 0 Å². The van der Waals surface area contributed by atoms with Crippen LogP contribution < -0.4 is 10.1 Å². The maximum absolute atomic E-state index is 8.89. The summed E-state index contributed by atoms with van der Waals surface area (Å²) in [6, 6.07) is 2.33. The molecule has 1 aromatic heterocycles. The van der Waals surface area contributed by atoms with Crippen LogP contribution >= 0.6 is 0 Å². The van der Waals surface area contributed by atoms with E-state index in [1.54, 1.807) is 0 Å². The molecule has 0 spiro atoms. The van der Waals surface area contributed by atoms with Crippen molar-refractivity contribution < 1.29 is 14.9 Å². The molecule has 0 bridgehead atoms. The molecule has 0 fully saturated rings. The van der Waals surface area contributed by atoms with E-state index in [4.69, 9.17) is 9.90 Å². The van der Waals surface area contributed by atoms with Gasteiger partial charge in [0, 0.05) is 23.5 Å². The predicted molar refractivity (Wildman–Crippen MR) is 66.4 cm³/mol. The number of H-pyrrole nitrogens is 1. The Labute approximate surface area is 104 Å². The van der Waals surface area contributed by atoms with E-state index in [9.17, 15) is 0 Å². The van der Waals surface area contributed by atoms with E-state index in [0.717, 1.165) is 19.8 Å². The van der Waals surface area contributed by atoms with Crippen LogP contribution in [-0.4, -0.2) is 5.97 Å². The molecule has 96 valence electrons. The van der Waals surface area contributed by atoms with Gasteiger partial charge in [-0.15, -0.1) is 0 Å². The first-order chi connectivity index (χ1) is 8.04. The summed E-state index contributed by atoms with van der Waals surface area (Å²) in [5.41, 5.74) is 4.32. The zero-order valence-corrected chi connectivity index (χ0v) is 11.3. The van der Waals surface area contributed by atoms with Crippen molar-refractivity contribution in [3.05, 3.63) is 29.1 Å². The normalized spacial score (nSPS) is 9.41. The third-order valence-corrected chi connectivity index (χ3v) is 2.47. The van der Waals surface area contributed by atoms with Crippen molar-refractivity contribution in [2.75, 3.05) is 0 Å². The van der Waals surface area contributed by atoms with Crippen molar-refractivity contribution in [2.45, 2.75) is 53.4 Å². The minimum absolute atomic E-state index is 0.972. The van der Waals surface area contributed by atoms with Gasteiger partial charge < -0.3 is 9.90 Å². The van der Waals surface area contributed by atoms with Gasteiger partial charge in [0.1, 0.15) is 0 Å². The smallest absolute Gasteiger partial charge is 0.182 e. The van der Waals surface area contributed by atoms with E-state index in [2.05, 4.69) is 38.0 Å². The molecule has 0 saturated carbocycles. The molecule has 0 saturated heterocycles. The summed E-state index contributed by atoms with van der Waals surface area (Å²) < 4.78 is 0. The summed E-state index contributed by atoms with van der Waals surface area (Å²) in [4.78, 5) is 12.3. The quantitative estimate of drug-likeness (QED) is 0.793. The molecule has 0 unspecified atom stereocenters. The van der Waals surface area contributed by atoms with E-state index in [0.29, 0.717) is 0 Å². The Balaban J connectivity index is 0.000000557. The number of hydrogen-bond acceptors (Lipinski definition) is 2. The standard InChI is InChI=1S/C12H19N.C2H4O2/c1-4-7-12-11(6-3)8-10(5-2)9-13-12;1-2(3)4/h8-9H,4-7H2,1-3H3;1H3,(H,3,4). The summed E-state index contributed by atoms with van der Waals surface area (Å²) in [6.07, 6.45) is 6.79. The molecule has 0 aliphatic carbocycles. The number of aryl methyl sites for hydroxylation is 3. The number of rotatable bonds is 4. The summed E-state index contributed by atoms with van der Waals surface area (Å²) in [5.74, 6) is -1.08. The molecule has 1 heterocycles. The van der Waals surface area contributed by atoms with Crippen LogP contribution in [0.2, 0.25) is 0 Å². The zero-order valence-electron chi connectivity index (χ0n) is 11.3. The molecule has 3 nitrogen and oxygen atoms in total. The predicted octanol–water partition coefficient (Wildman–Crippen LogP) is 1.33. The lowest BCUT2D eigenvalue weighted by Crippen LogP contribution is -2.16. The van der Waals surface area contributed by atoms with Gasteiger partial charge in [-0.3, -0.25) is 0 Å². The lowest BCUT2D eigenvalue weighted by molar-refractivity contribution is -0.391. The SMILES string of the molecule is CC(=O)[O-].CCCc1[nH+]cc(CC)cc1CC. The highest BCUT2D eigenvalue weighted by Crippen LogP contribution is 2.09. The second-order valence-corrected chi connectivity index (χ2v) is 3.96. The summed E-state index contributed by atoms with van der Waals surface area (Å²) in [6.45, 7) is 7.62. The minimum atomic E-state index is -1.08. The fourth-order valence-electron chi connectivity index (χ4n) is 1.63. The topological polar surface area (TPSA) is 54.3 Å². The van der Waals surface area contributed by atoms with E-state index in [-0.39, 0.29) is 0 Å². The number of carboxylic acids is 1. The summed E-state index contributed by atoms with van der Waals surface area (Å²) in [7, 11) is 0. The highest BCUT2D eigenvalue weighted by Gasteiger charge is 2.07. The van der Waals surface area contributed by atoms with Crippen molar-refractivity contribution >= 4 is 5.97 Å². The van der Waals surface area contributed by atoms with Crippen LogP contribution in [0.5, 0.6) is 0 Å². The average molecular weight is 237 g/mol. The first-order valence-electron chi connectivity index (χ1n) is 6.24. The maximum atomic E-state index is 8.89. The largest absolute Gasteiger partial charge is 0.550 e. The lowest BCUT2D eigenvalue weighted by Gasteiger charge is -2.01. The number of carbonyl (C=O) groups is 1. The molecule has 1 N–H and O–H groups in total. The van der Waals surface area contributed by atoms with Crippen LogP contribution in [0.1, 0.15) is 50.9 Å². The van der Waals surface area contributed by atoms with E-state index in [1.807, 2.05) is 0 Å². The molecule has 0 aliphatic rings. The number of aliphatic carboxylic acids is 1. The Hall–Kier alpha value is -1.38. The maximum Gasteiger partial charge on any atom is 0.182 e. The van der Waals surface area contributed by atoms with Gasteiger partial charge in [0.05, 0.1) is 0 Å². The van der Waals surface area contributed by atoms with Gasteiger partial charge in [-0.25, -0.2) is 4.98 Å². The van der Waals surface area contributed by atoms with Crippen molar-refractivity contribution in [3.8, 4) is 0 Å². The first kappa shape index (κ1) is 15.6. The highest BCUT2D eigenvalue weighted by atomic mass is 16.4. The molecule has 1 aromatic rings. The van der Waals surface area contributed by atoms with E-state index in [1.165, 1.54) is 29.7 Å². The van der Waals surface area contributed by atoms with Gasteiger partial charge in [0.15, 0.2) is 11.9 Å². The third kappa shape index (κ3) is 6.72. The molecule has 17 heavy (non-hydrogen) atoms. The van der Waals surface area contributed by atoms with E-state index >= 15 is 0 Å². The summed E-state index contributed by atoms with van der Waals surface area (Å²) in [5, 5.41) is 8.89. The highest BCUT2D eigenvalue weighted by molar-refractivity contribution is 5.60. The molecular weight excluding hydrogens is 214 g/mol. The number of nitrogens with one attached hydrogen (secondary N) is 1. The first-order valence-corrected chi connectivity index (χ1v) is 6.24. The van der Waals surface area contributed by atoms with Gasteiger partial charge in [0.25, 0.3) is 0 Å². The fourth-order valence-corrected chi connectivity index (χ4v) is 1.63. The molecule has 0 atom stereocenters. The Morgan fingerprint density at radius 2 is 1.88 bits per heavy atom. The Kier molecular flexibility index (Phi) is 8.03. The number of carbonyl (C=O) groups excluding carboxylic acids is 1. The second kappa shape index (κ2) is 8.74. The van der Waals surface area contributed by atoms with Crippen molar-refractivity contribution in [3.63, 3.8) is 0 Å². The monoisotopic (exact) mass is 237 g/mol. The number of carboxylic acid groups (broad SMARTS) is 1. The summed E-state index contributed by atoms with van der Waals surface area (Å²) >= 11 is 0. The Morgan fingerprint density at radius 3 is 2.29 bits per heavy atom.